The van der Waals surface area contributed by atoms with Crippen molar-refractivity contribution < 1.29 is 0 Å². The molecule has 2 nitrogen and oxygen atoms in total. The van der Waals surface area contributed by atoms with Crippen LogP contribution in [0.4, 0.5) is 0 Å². The van der Waals surface area contributed by atoms with Crippen molar-refractivity contribution in [3.8, 4) is 45.0 Å². The molecule has 0 spiro atoms. The van der Waals surface area contributed by atoms with E-state index >= 15 is 0 Å². The molecular weight excluding hydrogens is 556 g/mol. The summed E-state index contributed by atoms with van der Waals surface area (Å²) in [5, 5.41) is 9.56. The minimum Gasteiger partial charge on any atom is -0.228 e. The third-order valence-corrected chi connectivity index (χ3v) is 9.03. The summed E-state index contributed by atoms with van der Waals surface area (Å²) in [4.78, 5) is 10.7. The predicted molar refractivity (Wildman–Crippen MR) is 194 cm³/mol. The molecule has 0 radical (unpaired) electrons. The first kappa shape index (κ1) is 26.3. The Morgan fingerprint density at radius 2 is 0.891 bits per heavy atom. The maximum atomic E-state index is 5.39. The molecule has 214 valence electrons. The molecule has 0 bridgehead atoms. The van der Waals surface area contributed by atoms with E-state index in [-0.39, 0.29) is 0 Å². The molecule has 1 aromatic heterocycles. The lowest BCUT2D eigenvalue weighted by molar-refractivity contribution is 1.19. The SMILES string of the molecule is c1ccc(-c2cc(-c3cccc(-c4cccc5ccccc45)c3)nc(-c3c4ccccc4cc4ccc5ccccc5c34)n2)cc1. The van der Waals surface area contributed by atoms with E-state index in [1.54, 1.807) is 0 Å². The quantitative estimate of drug-likeness (QED) is 0.152. The molecule has 0 aliphatic heterocycles. The van der Waals surface area contributed by atoms with Crippen LogP contribution in [0.1, 0.15) is 0 Å². The molecule has 0 aliphatic carbocycles. The standard InChI is InChI=1S/C44H28N2/c1-2-14-31(15-3-1)40-28-41(34-19-10-18-32(26-34)37-23-11-17-29-12-4-7-20-36(29)37)46-44(45-40)43-39-22-9-6-16-33(39)27-35-25-24-30-13-5-8-21-38(30)42(35)43/h1-28H. The van der Waals surface area contributed by atoms with E-state index < -0.39 is 0 Å². The van der Waals surface area contributed by atoms with Gasteiger partial charge in [0.1, 0.15) is 0 Å². The van der Waals surface area contributed by atoms with Crippen molar-refractivity contribution in [2.75, 3.05) is 0 Å². The number of rotatable bonds is 4. The average Bonchev–Trinajstić information content (AvgIpc) is 3.13. The fourth-order valence-corrected chi connectivity index (χ4v) is 6.86. The van der Waals surface area contributed by atoms with Crippen LogP contribution >= 0.6 is 0 Å². The first-order valence-electron chi connectivity index (χ1n) is 15.7. The molecule has 46 heavy (non-hydrogen) atoms. The molecule has 9 rings (SSSR count). The lowest BCUT2D eigenvalue weighted by Crippen LogP contribution is -1.98. The Morgan fingerprint density at radius 1 is 0.326 bits per heavy atom. The summed E-state index contributed by atoms with van der Waals surface area (Å²) in [7, 11) is 0. The Hall–Kier alpha value is -6.12. The van der Waals surface area contributed by atoms with Crippen LogP contribution in [0.5, 0.6) is 0 Å². The van der Waals surface area contributed by atoms with Crippen LogP contribution in [0, 0.1) is 0 Å². The maximum Gasteiger partial charge on any atom is 0.161 e. The summed E-state index contributed by atoms with van der Waals surface area (Å²) < 4.78 is 0. The largest absolute Gasteiger partial charge is 0.228 e. The van der Waals surface area contributed by atoms with Crippen molar-refractivity contribution in [2.45, 2.75) is 0 Å². The number of benzene rings is 8. The monoisotopic (exact) mass is 584 g/mol. The zero-order chi connectivity index (χ0) is 30.5. The normalized spacial score (nSPS) is 11.5. The van der Waals surface area contributed by atoms with Gasteiger partial charge in [0.15, 0.2) is 5.82 Å². The van der Waals surface area contributed by atoms with Gasteiger partial charge in [-0.2, -0.15) is 0 Å². The molecule has 9 aromatic rings. The first-order chi connectivity index (χ1) is 22.8. The van der Waals surface area contributed by atoms with Crippen LogP contribution in [-0.2, 0) is 0 Å². The van der Waals surface area contributed by atoms with Gasteiger partial charge in [-0.15, -0.1) is 0 Å². The lowest BCUT2D eigenvalue weighted by atomic mass is 9.92. The molecule has 0 atom stereocenters. The Labute approximate surface area is 267 Å². The van der Waals surface area contributed by atoms with Crippen LogP contribution < -0.4 is 0 Å². The second kappa shape index (κ2) is 10.8. The van der Waals surface area contributed by atoms with Gasteiger partial charge in [-0.05, 0) is 67.0 Å². The molecule has 0 saturated heterocycles. The fraction of sp³-hybridized carbons (Fsp3) is 0. The van der Waals surface area contributed by atoms with E-state index in [1.807, 2.05) is 6.07 Å². The summed E-state index contributed by atoms with van der Waals surface area (Å²) in [6.45, 7) is 0. The molecule has 0 aliphatic rings. The van der Waals surface area contributed by atoms with E-state index in [0.717, 1.165) is 44.9 Å². The number of fused-ring (bicyclic) bond motifs is 5. The summed E-state index contributed by atoms with van der Waals surface area (Å²) in [6.07, 6.45) is 0. The third kappa shape index (κ3) is 4.43. The van der Waals surface area contributed by atoms with Crippen LogP contribution in [0.2, 0.25) is 0 Å². The maximum absolute atomic E-state index is 5.39. The number of hydrogen-bond donors (Lipinski definition) is 0. The smallest absolute Gasteiger partial charge is 0.161 e. The first-order valence-corrected chi connectivity index (χ1v) is 15.7. The third-order valence-electron chi connectivity index (χ3n) is 9.03. The molecule has 0 saturated carbocycles. The molecule has 8 aromatic carbocycles. The summed E-state index contributed by atoms with van der Waals surface area (Å²) >= 11 is 0. The van der Waals surface area contributed by atoms with E-state index in [4.69, 9.17) is 9.97 Å². The van der Waals surface area contributed by atoms with Crippen molar-refractivity contribution in [3.63, 3.8) is 0 Å². The van der Waals surface area contributed by atoms with Crippen LogP contribution in [0.25, 0.3) is 88.1 Å². The highest BCUT2D eigenvalue weighted by Gasteiger charge is 2.18. The van der Waals surface area contributed by atoms with E-state index in [0.29, 0.717) is 0 Å². The van der Waals surface area contributed by atoms with Gasteiger partial charge in [-0.1, -0.05) is 152 Å². The Bertz CT molecular complexity index is 2580. The van der Waals surface area contributed by atoms with Crippen molar-refractivity contribution in [2.24, 2.45) is 0 Å². The van der Waals surface area contributed by atoms with Crippen LogP contribution in [0.15, 0.2) is 170 Å². The highest BCUT2D eigenvalue weighted by atomic mass is 14.9. The van der Waals surface area contributed by atoms with Crippen molar-refractivity contribution in [1.29, 1.82) is 0 Å². The molecule has 1 heterocycles. The number of hydrogen-bond acceptors (Lipinski definition) is 2. The highest BCUT2D eigenvalue weighted by molar-refractivity contribution is 6.21. The van der Waals surface area contributed by atoms with Crippen molar-refractivity contribution in [1.82, 2.24) is 9.97 Å². The zero-order valence-electron chi connectivity index (χ0n) is 25.1. The van der Waals surface area contributed by atoms with E-state index in [2.05, 4.69) is 164 Å². The van der Waals surface area contributed by atoms with Gasteiger partial charge in [0, 0.05) is 22.1 Å². The summed E-state index contributed by atoms with van der Waals surface area (Å²) in [5.74, 6) is 0.727. The average molecular weight is 585 g/mol. The second-order valence-corrected chi connectivity index (χ2v) is 11.8. The number of aromatic nitrogens is 2. The minimum absolute atomic E-state index is 0.727. The molecule has 0 fully saturated rings. The summed E-state index contributed by atoms with van der Waals surface area (Å²) in [5.41, 5.74) is 7.35. The van der Waals surface area contributed by atoms with Gasteiger partial charge in [0.25, 0.3) is 0 Å². The highest BCUT2D eigenvalue weighted by Crippen LogP contribution is 2.40. The van der Waals surface area contributed by atoms with E-state index in [9.17, 15) is 0 Å². The van der Waals surface area contributed by atoms with Gasteiger partial charge in [-0.25, -0.2) is 9.97 Å². The minimum atomic E-state index is 0.727. The van der Waals surface area contributed by atoms with Crippen molar-refractivity contribution in [3.05, 3.63) is 170 Å². The number of nitrogens with zero attached hydrogens (tertiary/aromatic N) is 2. The van der Waals surface area contributed by atoms with Crippen LogP contribution in [-0.4, -0.2) is 9.97 Å². The molecule has 0 amide bonds. The van der Waals surface area contributed by atoms with Gasteiger partial charge < -0.3 is 0 Å². The Morgan fingerprint density at radius 3 is 1.72 bits per heavy atom. The molecule has 0 N–H and O–H groups in total. The fourth-order valence-electron chi connectivity index (χ4n) is 6.86. The zero-order valence-corrected chi connectivity index (χ0v) is 25.1. The topological polar surface area (TPSA) is 25.8 Å². The molecule has 0 unspecified atom stereocenters. The summed E-state index contributed by atoms with van der Waals surface area (Å²) in [6, 6.07) is 60.3. The Balaban J connectivity index is 1.34. The Kier molecular flexibility index (Phi) is 6.17. The second-order valence-electron chi connectivity index (χ2n) is 11.8. The van der Waals surface area contributed by atoms with Crippen LogP contribution in [0.3, 0.4) is 0 Å². The van der Waals surface area contributed by atoms with Gasteiger partial charge in [0.05, 0.1) is 11.4 Å². The van der Waals surface area contributed by atoms with Gasteiger partial charge in [-0.3, -0.25) is 0 Å². The van der Waals surface area contributed by atoms with Gasteiger partial charge >= 0.3 is 0 Å². The predicted octanol–water partition coefficient (Wildman–Crippen LogP) is 11.8. The molecular formula is C44H28N2. The van der Waals surface area contributed by atoms with Crippen molar-refractivity contribution >= 4 is 43.1 Å². The molecule has 2 heteroatoms. The van der Waals surface area contributed by atoms with Gasteiger partial charge in [0.2, 0.25) is 0 Å². The lowest BCUT2D eigenvalue weighted by Gasteiger charge is -2.16. The van der Waals surface area contributed by atoms with E-state index in [1.165, 1.54) is 43.3 Å².